The highest BCUT2D eigenvalue weighted by atomic mass is 35.5. The van der Waals surface area contributed by atoms with Crippen LogP contribution in [0.25, 0.3) is 17.2 Å². The summed E-state index contributed by atoms with van der Waals surface area (Å²) in [4.78, 5) is 12.5. The Balaban J connectivity index is 1.75. The molecule has 0 fully saturated rings. The second kappa shape index (κ2) is 9.92. The first-order chi connectivity index (χ1) is 14.6. The molecule has 0 aliphatic heterocycles. The summed E-state index contributed by atoms with van der Waals surface area (Å²) >= 11 is 6.10. The molecule has 0 bridgehead atoms. The van der Waals surface area contributed by atoms with E-state index in [9.17, 15) is 4.57 Å². The summed E-state index contributed by atoms with van der Waals surface area (Å²) in [5, 5.41) is 0.231. The summed E-state index contributed by atoms with van der Waals surface area (Å²) in [7, 11) is -3.20. The molecule has 3 rings (SSSR count). The second-order valence-corrected chi connectivity index (χ2v) is 10.0. The molecule has 0 atom stereocenters. The van der Waals surface area contributed by atoms with Crippen molar-refractivity contribution in [2.45, 2.75) is 46.4 Å². The number of nitrogen functional groups attached to an aromatic ring is 1. The number of halogens is 1. The van der Waals surface area contributed by atoms with Crippen LogP contribution in [-0.2, 0) is 20.2 Å². The summed E-state index contributed by atoms with van der Waals surface area (Å²) in [6.07, 6.45) is 5.23. The van der Waals surface area contributed by atoms with Gasteiger partial charge in [0.2, 0.25) is 5.95 Å². The molecule has 31 heavy (non-hydrogen) atoms. The number of allylic oxidation sites excluding steroid dienone is 1. The van der Waals surface area contributed by atoms with Gasteiger partial charge in [-0.05, 0) is 44.9 Å². The standard InChI is InChI=1S/C21H27ClN5O3P/c1-14(2)29-31(28,30-15(3)4)10-6-9-16-7-5-8-17(11-16)12-27-13-24-18-19(22)25-21(23)26-20(18)27/h5-9,11,13-15H,10,12H2,1-4H3,(H2,23,25,26)/b9-6+. The quantitative estimate of drug-likeness (QED) is 0.345. The van der Waals surface area contributed by atoms with Crippen LogP contribution in [0.5, 0.6) is 0 Å². The van der Waals surface area contributed by atoms with Crippen molar-refractivity contribution in [2.75, 3.05) is 11.9 Å². The Kier molecular flexibility index (Phi) is 7.49. The maximum atomic E-state index is 12.9. The number of hydrogen-bond donors (Lipinski definition) is 1. The van der Waals surface area contributed by atoms with E-state index in [0.717, 1.165) is 11.1 Å². The fourth-order valence-corrected chi connectivity index (χ4v) is 5.19. The van der Waals surface area contributed by atoms with Crippen molar-refractivity contribution in [1.82, 2.24) is 19.5 Å². The van der Waals surface area contributed by atoms with Crippen molar-refractivity contribution < 1.29 is 13.6 Å². The van der Waals surface area contributed by atoms with Crippen LogP contribution in [0.15, 0.2) is 36.7 Å². The molecule has 8 nitrogen and oxygen atoms in total. The molecule has 0 aliphatic rings. The average Bonchev–Trinajstić information content (AvgIpc) is 3.03. The van der Waals surface area contributed by atoms with E-state index < -0.39 is 7.60 Å². The summed E-state index contributed by atoms with van der Waals surface area (Å²) in [5.41, 5.74) is 8.82. The molecule has 2 heterocycles. The lowest BCUT2D eigenvalue weighted by molar-refractivity contribution is 0.144. The lowest BCUT2D eigenvalue weighted by Gasteiger charge is -2.21. The molecule has 0 aliphatic carbocycles. The van der Waals surface area contributed by atoms with Crippen LogP contribution in [-0.4, -0.2) is 37.9 Å². The van der Waals surface area contributed by atoms with Crippen molar-refractivity contribution in [2.24, 2.45) is 0 Å². The molecule has 2 aromatic heterocycles. The van der Waals surface area contributed by atoms with Crippen LogP contribution in [0.4, 0.5) is 5.95 Å². The highest BCUT2D eigenvalue weighted by Gasteiger charge is 2.25. The van der Waals surface area contributed by atoms with Crippen LogP contribution >= 0.6 is 19.2 Å². The first-order valence-corrected chi connectivity index (χ1v) is 12.1. The van der Waals surface area contributed by atoms with Crippen molar-refractivity contribution in [3.63, 3.8) is 0 Å². The summed E-state index contributed by atoms with van der Waals surface area (Å²) < 4.78 is 26.0. The molecular formula is C21H27ClN5O3P. The molecule has 0 saturated carbocycles. The highest BCUT2D eigenvalue weighted by Crippen LogP contribution is 2.50. The molecule has 0 saturated heterocycles. The van der Waals surface area contributed by atoms with Crippen molar-refractivity contribution >= 4 is 42.4 Å². The van der Waals surface area contributed by atoms with E-state index in [1.54, 1.807) is 6.33 Å². The van der Waals surface area contributed by atoms with E-state index in [1.165, 1.54) is 0 Å². The van der Waals surface area contributed by atoms with Gasteiger partial charge in [0.25, 0.3) is 0 Å². The molecule has 0 amide bonds. The molecule has 0 spiro atoms. The zero-order valence-corrected chi connectivity index (χ0v) is 19.7. The zero-order valence-electron chi connectivity index (χ0n) is 18.0. The summed E-state index contributed by atoms with van der Waals surface area (Å²) in [6.45, 7) is 7.91. The van der Waals surface area contributed by atoms with Crippen LogP contribution in [0, 0.1) is 0 Å². The Labute approximate surface area is 187 Å². The lowest BCUT2D eigenvalue weighted by Crippen LogP contribution is -2.09. The number of imidazole rings is 1. The van der Waals surface area contributed by atoms with Crippen LogP contribution in [0.2, 0.25) is 5.15 Å². The lowest BCUT2D eigenvalue weighted by atomic mass is 10.1. The number of nitrogens with two attached hydrogens (primary N) is 1. The maximum absolute atomic E-state index is 12.9. The fraction of sp³-hybridized carbons (Fsp3) is 0.381. The molecule has 10 heteroatoms. The summed E-state index contributed by atoms with van der Waals surface area (Å²) in [6, 6.07) is 7.97. The molecule has 0 unspecified atom stereocenters. The fourth-order valence-electron chi connectivity index (χ4n) is 3.10. The van der Waals surface area contributed by atoms with Crippen LogP contribution in [0.3, 0.4) is 0 Å². The second-order valence-electron chi connectivity index (χ2n) is 7.67. The normalized spacial score (nSPS) is 12.6. The third-order valence-electron chi connectivity index (χ3n) is 4.12. The van der Waals surface area contributed by atoms with Gasteiger partial charge in [0, 0.05) is 0 Å². The number of fused-ring (bicyclic) bond motifs is 1. The number of rotatable bonds is 9. The minimum absolute atomic E-state index is 0.104. The van der Waals surface area contributed by atoms with Gasteiger partial charge in [0.05, 0.1) is 31.2 Å². The third-order valence-corrected chi connectivity index (χ3v) is 6.53. The Bertz CT molecular complexity index is 1120. The largest absolute Gasteiger partial charge is 0.368 e. The molecule has 0 radical (unpaired) electrons. The minimum Gasteiger partial charge on any atom is -0.368 e. The minimum atomic E-state index is -3.20. The van der Waals surface area contributed by atoms with E-state index in [1.807, 2.05) is 68.7 Å². The van der Waals surface area contributed by atoms with Gasteiger partial charge in [-0.15, -0.1) is 0 Å². The number of anilines is 1. The van der Waals surface area contributed by atoms with Crippen molar-refractivity contribution in [1.29, 1.82) is 0 Å². The molecule has 1 aromatic carbocycles. The van der Waals surface area contributed by atoms with E-state index >= 15 is 0 Å². The third kappa shape index (κ3) is 6.37. The smallest absolute Gasteiger partial charge is 0.334 e. The predicted molar refractivity (Wildman–Crippen MR) is 124 cm³/mol. The first-order valence-electron chi connectivity index (χ1n) is 10.0. The first kappa shape index (κ1) is 23.4. The Hall–Kier alpha value is -2.25. The molecule has 3 aromatic rings. The topological polar surface area (TPSA) is 105 Å². The predicted octanol–water partition coefficient (Wildman–Crippen LogP) is 5.17. The van der Waals surface area contributed by atoms with Gasteiger partial charge in [-0.2, -0.15) is 9.97 Å². The molecule has 2 N–H and O–H groups in total. The Morgan fingerprint density at radius 2 is 1.90 bits per heavy atom. The molecule has 166 valence electrons. The van der Waals surface area contributed by atoms with E-state index in [0.29, 0.717) is 17.7 Å². The van der Waals surface area contributed by atoms with Gasteiger partial charge in [0.1, 0.15) is 5.52 Å². The van der Waals surface area contributed by atoms with Crippen LogP contribution in [0.1, 0.15) is 38.8 Å². The SMILES string of the molecule is CC(C)OP(=O)(C/C=C/c1cccc(Cn2cnc3c(Cl)nc(N)nc32)c1)OC(C)C. The average molecular weight is 464 g/mol. The van der Waals surface area contributed by atoms with Gasteiger partial charge in [-0.1, -0.05) is 42.0 Å². The summed E-state index contributed by atoms with van der Waals surface area (Å²) in [5.74, 6) is 0.104. The van der Waals surface area contributed by atoms with E-state index in [-0.39, 0.29) is 29.5 Å². The Morgan fingerprint density at radius 3 is 2.58 bits per heavy atom. The van der Waals surface area contributed by atoms with Gasteiger partial charge in [-0.3, -0.25) is 4.57 Å². The number of hydrogen-bond acceptors (Lipinski definition) is 7. The van der Waals surface area contributed by atoms with Gasteiger partial charge >= 0.3 is 7.60 Å². The van der Waals surface area contributed by atoms with E-state index in [4.69, 9.17) is 26.4 Å². The van der Waals surface area contributed by atoms with Crippen LogP contribution < -0.4 is 5.73 Å². The van der Waals surface area contributed by atoms with Gasteiger partial charge < -0.3 is 19.3 Å². The van der Waals surface area contributed by atoms with Crippen molar-refractivity contribution in [3.8, 4) is 0 Å². The zero-order chi connectivity index (χ0) is 22.6. The highest BCUT2D eigenvalue weighted by molar-refractivity contribution is 7.54. The number of aromatic nitrogens is 4. The number of benzene rings is 1. The van der Waals surface area contributed by atoms with Gasteiger partial charge in [0.15, 0.2) is 10.8 Å². The number of nitrogens with zero attached hydrogens (tertiary/aromatic N) is 4. The monoisotopic (exact) mass is 463 g/mol. The van der Waals surface area contributed by atoms with Crippen molar-refractivity contribution in [3.05, 3.63) is 52.9 Å². The Morgan fingerprint density at radius 1 is 1.19 bits per heavy atom. The molecular weight excluding hydrogens is 437 g/mol. The maximum Gasteiger partial charge on any atom is 0.334 e. The van der Waals surface area contributed by atoms with Gasteiger partial charge in [-0.25, -0.2) is 4.98 Å². The van der Waals surface area contributed by atoms with E-state index in [2.05, 4.69) is 15.0 Å².